The Bertz CT molecular complexity index is 289. The van der Waals surface area contributed by atoms with Crippen LogP contribution in [0.2, 0.25) is 0 Å². The summed E-state index contributed by atoms with van der Waals surface area (Å²) in [5, 5.41) is 0. The molecule has 0 aliphatic heterocycles. The van der Waals surface area contributed by atoms with Crippen molar-refractivity contribution < 1.29 is 0 Å². The van der Waals surface area contributed by atoms with Gasteiger partial charge in [-0.2, -0.15) is 0 Å². The minimum atomic E-state index is 0.637. The Labute approximate surface area is 100 Å². The molecule has 0 aliphatic rings. The first-order valence-corrected chi connectivity index (χ1v) is 6.41. The summed E-state index contributed by atoms with van der Waals surface area (Å²) in [6, 6.07) is 8.83. The highest BCUT2D eigenvalue weighted by atomic mass is 14.5. The summed E-state index contributed by atoms with van der Waals surface area (Å²) in [6.07, 6.45) is 3.63. The smallest absolute Gasteiger partial charge is 0.00456 e. The molecule has 2 atom stereocenters. The number of hydrogen-bond donors (Lipinski definition) is 1. The van der Waals surface area contributed by atoms with Crippen molar-refractivity contribution in [1.82, 2.24) is 0 Å². The summed E-state index contributed by atoms with van der Waals surface area (Å²) in [5.41, 5.74) is 8.60. The molecule has 2 N–H and O–H groups in total. The highest BCUT2D eigenvalue weighted by Crippen LogP contribution is 2.18. The lowest BCUT2D eigenvalue weighted by Crippen LogP contribution is -2.19. The van der Waals surface area contributed by atoms with Crippen LogP contribution in [0.1, 0.15) is 37.8 Å². The standard InChI is InChI=1S/C15H25N/c1-4-12(2)9-15(11-16)10-14-7-5-13(3)6-8-14/h5-8,12,15H,4,9-11,16H2,1-3H3. The fourth-order valence-corrected chi connectivity index (χ4v) is 2.06. The molecule has 0 saturated heterocycles. The van der Waals surface area contributed by atoms with Gasteiger partial charge in [0.25, 0.3) is 0 Å². The summed E-state index contributed by atoms with van der Waals surface area (Å²) in [4.78, 5) is 0. The molecule has 2 unspecified atom stereocenters. The molecule has 1 heteroatoms. The van der Waals surface area contributed by atoms with E-state index in [2.05, 4.69) is 45.0 Å². The van der Waals surface area contributed by atoms with E-state index in [1.807, 2.05) is 0 Å². The maximum Gasteiger partial charge on any atom is -0.00456 e. The monoisotopic (exact) mass is 219 g/mol. The van der Waals surface area contributed by atoms with Crippen molar-refractivity contribution in [3.8, 4) is 0 Å². The maximum atomic E-state index is 5.85. The van der Waals surface area contributed by atoms with Crippen LogP contribution in [0.25, 0.3) is 0 Å². The second kappa shape index (κ2) is 6.70. The Hall–Kier alpha value is -0.820. The summed E-state index contributed by atoms with van der Waals surface area (Å²) in [6.45, 7) is 7.50. The van der Waals surface area contributed by atoms with Gasteiger partial charge >= 0.3 is 0 Å². The molecule has 0 aromatic heterocycles. The van der Waals surface area contributed by atoms with E-state index in [1.54, 1.807) is 0 Å². The van der Waals surface area contributed by atoms with Crippen LogP contribution < -0.4 is 5.73 Å². The van der Waals surface area contributed by atoms with Crippen molar-refractivity contribution in [3.05, 3.63) is 35.4 Å². The molecule has 90 valence electrons. The van der Waals surface area contributed by atoms with Crippen molar-refractivity contribution in [2.75, 3.05) is 6.54 Å². The van der Waals surface area contributed by atoms with Gasteiger partial charge in [-0.1, -0.05) is 50.1 Å². The van der Waals surface area contributed by atoms with Crippen LogP contribution >= 0.6 is 0 Å². The summed E-state index contributed by atoms with van der Waals surface area (Å²) < 4.78 is 0. The molecule has 0 radical (unpaired) electrons. The second-order valence-corrected chi connectivity index (χ2v) is 5.04. The van der Waals surface area contributed by atoms with Gasteiger partial charge in [0.2, 0.25) is 0 Å². The largest absolute Gasteiger partial charge is 0.330 e. The minimum Gasteiger partial charge on any atom is -0.330 e. The van der Waals surface area contributed by atoms with E-state index in [1.165, 1.54) is 24.0 Å². The van der Waals surface area contributed by atoms with Crippen LogP contribution in [0.15, 0.2) is 24.3 Å². The first kappa shape index (κ1) is 13.2. The van der Waals surface area contributed by atoms with Crippen LogP contribution in [0, 0.1) is 18.8 Å². The van der Waals surface area contributed by atoms with E-state index in [-0.39, 0.29) is 0 Å². The zero-order valence-corrected chi connectivity index (χ0v) is 10.9. The highest BCUT2D eigenvalue weighted by molar-refractivity contribution is 5.21. The van der Waals surface area contributed by atoms with Crippen LogP contribution in [0.3, 0.4) is 0 Å². The van der Waals surface area contributed by atoms with Crippen LogP contribution in [-0.2, 0) is 6.42 Å². The Morgan fingerprint density at radius 2 is 1.81 bits per heavy atom. The van der Waals surface area contributed by atoms with Crippen molar-refractivity contribution in [2.45, 2.75) is 40.0 Å². The fourth-order valence-electron chi connectivity index (χ4n) is 2.06. The lowest BCUT2D eigenvalue weighted by atomic mass is 9.89. The molecule has 1 aromatic rings. The van der Waals surface area contributed by atoms with Gasteiger partial charge in [-0.15, -0.1) is 0 Å². The van der Waals surface area contributed by atoms with E-state index in [4.69, 9.17) is 5.73 Å². The quantitative estimate of drug-likeness (QED) is 0.778. The fraction of sp³-hybridized carbons (Fsp3) is 0.600. The molecule has 0 aliphatic carbocycles. The van der Waals surface area contributed by atoms with Crippen LogP contribution in [0.4, 0.5) is 0 Å². The van der Waals surface area contributed by atoms with E-state index in [0.717, 1.165) is 18.9 Å². The number of rotatable bonds is 6. The molecular formula is C15H25N. The topological polar surface area (TPSA) is 26.0 Å². The maximum absolute atomic E-state index is 5.85. The van der Waals surface area contributed by atoms with Gasteiger partial charge in [0.15, 0.2) is 0 Å². The van der Waals surface area contributed by atoms with Gasteiger partial charge in [0, 0.05) is 0 Å². The van der Waals surface area contributed by atoms with Crippen LogP contribution in [0.5, 0.6) is 0 Å². The zero-order chi connectivity index (χ0) is 12.0. The summed E-state index contributed by atoms with van der Waals surface area (Å²) in [7, 11) is 0. The van der Waals surface area contributed by atoms with Gasteiger partial charge in [-0.05, 0) is 43.7 Å². The molecule has 1 nitrogen and oxygen atoms in total. The number of aryl methyl sites for hydroxylation is 1. The first-order valence-electron chi connectivity index (χ1n) is 6.41. The molecule has 1 aromatic carbocycles. The predicted molar refractivity (Wildman–Crippen MR) is 71.5 cm³/mol. The summed E-state index contributed by atoms with van der Waals surface area (Å²) in [5.74, 6) is 1.43. The highest BCUT2D eigenvalue weighted by Gasteiger charge is 2.11. The van der Waals surface area contributed by atoms with Crippen LogP contribution in [-0.4, -0.2) is 6.54 Å². The van der Waals surface area contributed by atoms with E-state index < -0.39 is 0 Å². The normalized spacial score (nSPS) is 14.8. The molecule has 0 spiro atoms. The molecule has 1 rings (SSSR count). The Morgan fingerprint density at radius 3 is 2.31 bits per heavy atom. The van der Waals surface area contributed by atoms with E-state index >= 15 is 0 Å². The SMILES string of the molecule is CCC(C)CC(CN)Cc1ccc(C)cc1. The third-order valence-electron chi connectivity index (χ3n) is 3.41. The average Bonchev–Trinajstić information content (AvgIpc) is 2.30. The first-order chi connectivity index (χ1) is 7.65. The molecule has 0 heterocycles. The average molecular weight is 219 g/mol. The molecule has 0 bridgehead atoms. The Morgan fingerprint density at radius 1 is 1.19 bits per heavy atom. The zero-order valence-electron chi connectivity index (χ0n) is 10.9. The van der Waals surface area contributed by atoms with Gasteiger partial charge < -0.3 is 5.73 Å². The molecular weight excluding hydrogens is 194 g/mol. The third kappa shape index (κ3) is 4.36. The molecule has 0 amide bonds. The van der Waals surface area contributed by atoms with Gasteiger partial charge in [-0.3, -0.25) is 0 Å². The van der Waals surface area contributed by atoms with Crippen molar-refractivity contribution in [2.24, 2.45) is 17.6 Å². The molecule has 16 heavy (non-hydrogen) atoms. The number of hydrogen-bond acceptors (Lipinski definition) is 1. The Balaban J connectivity index is 2.52. The Kier molecular flexibility index (Phi) is 5.54. The lowest BCUT2D eigenvalue weighted by molar-refractivity contribution is 0.386. The summed E-state index contributed by atoms with van der Waals surface area (Å²) >= 11 is 0. The lowest BCUT2D eigenvalue weighted by Gasteiger charge is -2.18. The molecule has 0 fully saturated rings. The van der Waals surface area contributed by atoms with Crippen molar-refractivity contribution in [3.63, 3.8) is 0 Å². The number of nitrogens with two attached hydrogens (primary N) is 1. The van der Waals surface area contributed by atoms with Crippen molar-refractivity contribution >= 4 is 0 Å². The minimum absolute atomic E-state index is 0.637. The van der Waals surface area contributed by atoms with Gasteiger partial charge in [0.05, 0.1) is 0 Å². The van der Waals surface area contributed by atoms with Crippen molar-refractivity contribution in [1.29, 1.82) is 0 Å². The molecule has 0 saturated carbocycles. The third-order valence-corrected chi connectivity index (χ3v) is 3.41. The predicted octanol–water partition coefficient (Wildman–Crippen LogP) is 3.55. The second-order valence-electron chi connectivity index (χ2n) is 5.04. The van der Waals surface area contributed by atoms with E-state index in [9.17, 15) is 0 Å². The number of benzene rings is 1. The van der Waals surface area contributed by atoms with E-state index in [0.29, 0.717) is 5.92 Å². The van der Waals surface area contributed by atoms with Gasteiger partial charge in [0.1, 0.15) is 0 Å². The van der Waals surface area contributed by atoms with Gasteiger partial charge in [-0.25, -0.2) is 0 Å².